The highest BCUT2D eigenvalue weighted by molar-refractivity contribution is 4.79. The van der Waals surface area contributed by atoms with Crippen molar-refractivity contribution in [3.8, 4) is 0 Å². The van der Waals surface area contributed by atoms with Gasteiger partial charge in [-0.25, -0.2) is 0 Å². The number of hydrogen-bond acceptors (Lipinski definition) is 2. The molecule has 5 heteroatoms. The Morgan fingerprint density at radius 2 is 2.15 bits per heavy atom. The second-order valence-electron chi connectivity index (χ2n) is 3.29. The minimum Gasteiger partial charge on any atom is -0.377 e. The van der Waals surface area contributed by atoms with Gasteiger partial charge in [-0.1, -0.05) is 0 Å². The number of alkyl halides is 3. The van der Waals surface area contributed by atoms with Gasteiger partial charge < -0.3 is 10.1 Å². The van der Waals surface area contributed by atoms with E-state index in [-0.39, 0.29) is 18.7 Å². The van der Waals surface area contributed by atoms with Gasteiger partial charge in [-0.15, -0.1) is 0 Å². The van der Waals surface area contributed by atoms with Crippen molar-refractivity contribution in [2.75, 3.05) is 13.2 Å². The highest BCUT2D eigenvalue weighted by Crippen LogP contribution is 2.19. The molecular weight excluding hydrogens is 183 g/mol. The summed E-state index contributed by atoms with van der Waals surface area (Å²) in [6.07, 6.45) is -3.99. The van der Waals surface area contributed by atoms with E-state index in [0.29, 0.717) is 6.61 Å². The predicted octanol–water partition coefficient (Wildman–Crippen LogP) is 1.71. The number of hydrogen-bond donors (Lipinski definition) is 1. The molecule has 0 aromatic rings. The third-order valence-electron chi connectivity index (χ3n) is 2.19. The molecule has 1 rings (SSSR count). The van der Waals surface area contributed by atoms with Crippen LogP contribution in [-0.2, 0) is 4.74 Å². The zero-order chi connectivity index (χ0) is 9.90. The van der Waals surface area contributed by atoms with E-state index < -0.39 is 12.6 Å². The number of ether oxygens (including phenoxy) is 1. The maximum atomic E-state index is 11.8. The third kappa shape index (κ3) is 3.95. The summed E-state index contributed by atoms with van der Waals surface area (Å²) in [7, 11) is 0. The minimum absolute atomic E-state index is 0.0120. The van der Waals surface area contributed by atoms with E-state index in [1.807, 2.05) is 6.92 Å². The maximum absolute atomic E-state index is 11.8. The Labute approximate surface area is 75.4 Å². The van der Waals surface area contributed by atoms with Crippen LogP contribution in [0.2, 0.25) is 0 Å². The van der Waals surface area contributed by atoms with Gasteiger partial charge in [-0.2, -0.15) is 13.2 Å². The summed E-state index contributed by atoms with van der Waals surface area (Å²) in [5.74, 6) is 0. The van der Waals surface area contributed by atoms with Crippen LogP contribution in [0.3, 0.4) is 0 Å². The molecule has 1 aliphatic rings. The van der Waals surface area contributed by atoms with Gasteiger partial charge in [0.1, 0.15) is 0 Å². The lowest BCUT2D eigenvalue weighted by Crippen LogP contribution is -2.36. The van der Waals surface area contributed by atoms with Gasteiger partial charge in [0.05, 0.1) is 12.5 Å². The Morgan fingerprint density at radius 1 is 1.46 bits per heavy atom. The average molecular weight is 197 g/mol. The lowest BCUT2D eigenvalue weighted by Gasteiger charge is -2.16. The van der Waals surface area contributed by atoms with Gasteiger partial charge in [-0.05, 0) is 13.3 Å². The lowest BCUT2D eigenvalue weighted by molar-refractivity contribution is -0.133. The van der Waals surface area contributed by atoms with Crippen LogP contribution in [0.4, 0.5) is 13.2 Å². The molecule has 2 atom stereocenters. The first-order valence-electron chi connectivity index (χ1n) is 4.41. The molecule has 0 bridgehead atoms. The molecule has 0 radical (unpaired) electrons. The molecule has 0 spiro atoms. The van der Waals surface area contributed by atoms with Crippen molar-refractivity contribution in [1.82, 2.24) is 5.32 Å². The molecule has 1 heterocycles. The summed E-state index contributed by atoms with van der Waals surface area (Å²) in [6, 6.07) is 0.0855. The van der Waals surface area contributed by atoms with Crippen LogP contribution in [0, 0.1) is 0 Å². The first-order valence-corrected chi connectivity index (χ1v) is 4.41. The van der Waals surface area contributed by atoms with Crippen molar-refractivity contribution in [1.29, 1.82) is 0 Å². The summed E-state index contributed by atoms with van der Waals surface area (Å²) in [6.45, 7) is 2.50. The summed E-state index contributed by atoms with van der Waals surface area (Å²) in [5.41, 5.74) is 0. The van der Waals surface area contributed by atoms with Gasteiger partial charge in [-0.3, -0.25) is 0 Å². The molecular formula is C8H14F3NO. The van der Waals surface area contributed by atoms with E-state index in [4.69, 9.17) is 4.74 Å². The van der Waals surface area contributed by atoms with Crippen LogP contribution in [0.5, 0.6) is 0 Å². The van der Waals surface area contributed by atoms with Crippen LogP contribution in [0.1, 0.15) is 19.8 Å². The highest BCUT2D eigenvalue weighted by Gasteiger charge is 2.28. The molecule has 1 N–H and O–H groups in total. The SMILES string of the molecule is CC1OCCC1NCCC(F)(F)F. The molecule has 0 saturated carbocycles. The highest BCUT2D eigenvalue weighted by atomic mass is 19.4. The van der Waals surface area contributed by atoms with E-state index in [0.717, 1.165) is 6.42 Å². The predicted molar refractivity (Wildman–Crippen MR) is 42.5 cm³/mol. The quantitative estimate of drug-likeness (QED) is 0.743. The Balaban J connectivity index is 2.12. The molecule has 0 aromatic heterocycles. The fourth-order valence-electron chi connectivity index (χ4n) is 1.40. The minimum atomic E-state index is -4.06. The van der Waals surface area contributed by atoms with Crippen LogP contribution in [0.15, 0.2) is 0 Å². The Bertz CT molecular complexity index is 160. The summed E-state index contributed by atoms with van der Waals surface area (Å²) < 4.78 is 40.5. The Kier molecular flexibility index (Phi) is 3.55. The Morgan fingerprint density at radius 3 is 2.62 bits per heavy atom. The largest absolute Gasteiger partial charge is 0.390 e. The second kappa shape index (κ2) is 4.28. The van der Waals surface area contributed by atoms with Gasteiger partial charge in [0, 0.05) is 19.2 Å². The van der Waals surface area contributed by atoms with Crippen molar-refractivity contribution >= 4 is 0 Å². The van der Waals surface area contributed by atoms with Gasteiger partial charge in [0.15, 0.2) is 0 Å². The van der Waals surface area contributed by atoms with Crippen molar-refractivity contribution in [3.05, 3.63) is 0 Å². The van der Waals surface area contributed by atoms with Gasteiger partial charge >= 0.3 is 6.18 Å². The summed E-state index contributed by atoms with van der Waals surface area (Å²) >= 11 is 0. The zero-order valence-corrected chi connectivity index (χ0v) is 7.53. The first kappa shape index (κ1) is 10.8. The molecule has 2 unspecified atom stereocenters. The fourth-order valence-corrected chi connectivity index (χ4v) is 1.40. The van der Waals surface area contributed by atoms with E-state index >= 15 is 0 Å². The second-order valence-corrected chi connectivity index (χ2v) is 3.29. The molecule has 1 aliphatic heterocycles. The maximum Gasteiger partial charge on any atom is 0.390 e. The van der Waals surface area contributed by atoms with Crippen LogP contribution in [-0.4, -0.2) is 31.5 Å². The molecule has 0 aliphatic carbocycles. The monoisotopic (exact) mass is 197 g/mol. The Hall–Kier alpha value is -0.290. The molecule has 2 nitrogen and oxygen atoms in total. The van der Waals surface area contributed by atoms with Crippen LogP contribution in [0.25, 0.3) is 0 Å². The number of nitrogens with one attached hydrogen (secondary N) is 1. The molecule has 1 fully saturated rings. The van der Waals surface area contributed by atoms with Crippen molar-refractivity contribution in [2.24, 2.45) is 0 Å². The summed E-state index contributed by atoms with van der Waals surface area (Å²) in [4.78, 5) is 0. The number of rotatable bonds is 3. The zero-order valence-electron chi connectivity index (χ0n) is 7.53. The van der Waals surface area contributed by atoms with Crippen LogP contribution < -0.4 is 5.32 Å². The van der Waals surface area contributed by atoms with Crippen molar-refractivity contribution in [2.45, 2.75) is 38.1 Å². The third-order valence-corrected chi connectivity index (χ3v) is 2.19. The molecule has 1 saturated heterocycles. The molecule has 78 valence electrons. The topological polar surface area (TPSA) is 21.3 Å². The van der Waals surface area contributed by atoms with E-state index in [1.54, 1.807) is 0 Å². The van der Waals surface area contributed by atoms with E-state index in [9.17, 15) is 13.2 Å². The van der Waals surface area contributed by atoms with Crippen molar-refractivity contribution < 1.29 is 17.9 Å². The number of halogens is 3. The molecule has 13 heavy (non-hydrogen) atoms. The lowest BCUT2D eigenvalue weighted by atomic mass is 10.1. The van der Waals surface area contributed by atoms with Crippen LogP contribution >= 0.6 is 0 Å². The van der Waals surface area contributed by atoms with Crippen molar-refractivity contribution in [3.63, 3.8) is 0 Å². The first-order chi connectivity index (χ1) is 5.99. The smallest absolute Gasteiger partial charge is 0.377 e. The van der Waals surface area contributed by atoms with Gasteiger partial charge in [0.25, 0.3) is 0 Å². The van der Waals surface area contributed by atoms with Gasteiger partial charge in [0.2, 0.25) is 0 Å². The molecule has 0 aromatic carbocycles. The average Bonchev–Trinajstić information content (AvgIpc) is 2.34. The standard InChI is InChI=1S/C8H14F3NO/c1-6-7(2-5-13-6)12-4-3-8(9,10)11/h6-7,12H,2-5H2,1H3. The normalized spacial score (nSPS) is 29.5. The molecule has 0 amide bonds. The summed E-state index contributed by atoms with van der Waals surface area (Å²) in [5, 5.41) is 2.84. The fraction of sp³-hybridized carbons (Fsp3) is 1.00. The van der Waals surface area contributed by atoms with E-state index in [1.165, 1.54) is 0 Å². The van der Waals surface area contributed by atoms with E-state index in [2.05, 4.69) is 5.32 Å².